The summed E-state index contributed by atoms with van der Waals surface area (Å²) in [7, 11) is 0. The molecule has 19 heavy (non-hydrogen) atoms. The Morgan fingerprint density at radius 2 is 2.00 bits per heavy atom. The minimum atomic E-state index is 0.836. The lowest BCUT2D eigenvalue weighted by Gasteiger charge is -2.14. The Morgan fingerprint density at radius 3 is 2.89 bits per heavy atom. The van der Waals surface area contributed by atoms with Gasteiger partial charge in [-0.1, -0.05) is 6.07 Å². The van der Waals surface area contributed by atoms with Crippen molar-refractivity contribution in [1.29, 1.82) is 0 Å². The summed E-state index contributed by atoms with van der Waals surface area (Å²) in [5.74, 6) is 1.04. The van der Waals surface area contributed by atoms with Crippen molar-refractivity contribution in [3.63, 3.8) is 0 Å². The third kappa shape index (κ3) is 3.28. The lowest BCUT2D eigenvalue weighted by molar-refractivity contribution is 0.282. The van der Waals surface area contributed by atoms with E-state index in [1.165, 1.54) is 49.0 Å². The van der Waals surface area contributed by atoms with Crippen molar-refractivity contribution in [2.45, 2.75) is 25.7 Å². The smallest absolute Gasteiger partial charge is 0.127 e. The third-order valence-corrected chi connectivity index (χ3v) is 4.66. The van der Waals surface area contributed by atoms with E-state index in [1.54, 1.807) is 11.3 Å². The van der Waals surface area contributed by atoms with Crippen LogP contribution < -0.4 is 4.74 Å². The number of unbranched alkanes of at least 4 members (excludes halogenated alkanes) is 1. The molecule has 0 N–H and O–H groups in total. The number of nitrogens with zero attached hydrogens (tertiary/aromatic N) is 1. The lowest BCUT2D eigenvalue weighted by Crippen LogP contribution is -2.20. The topological polar surface area (TPSA) is 12.5 Å². The van der Waals surface area contributed by atoms with Gasteiger partial charge >= 0.3 is 0 Å². The van der Waals surface area contributed by atoms with Crippen molar-refractivity contribution in [2.24, 2.45) is 0 Å². The minimum absolute atomic E-state index is 0.836. The summed E-state index contributed by atoms with van der Waals surface area (Å²) in [5.41, 5.74) is 0. The highest BCUT2D eigenvalue weighted by Gasteiger charge is 2.10. The van der Waals surface area contributed by atoms with Crippen molar-refractivity contribution < 1.29 is 4.74 Å². The highest BCUT2D eigenvalue weighted by molar-refractivity contribution is 7.17. The van der Waals surface area contributed by atoms with Crippen LogP contribution in [0.15, 0.2) is 29.6 Å². The standard InChI is InChI=1S/C16H21NOS/c1-2-10-17(9-1)11-3-4-12-18-15-6-5-7-16-14(15)8-13-19-16/h5-8,13H,1-4,9-12H2. The first kappa shape index (κ1) is 12.9. The van der Waals surface area contributed by atoms with Gasteiger partial charge in [0.25, 0.3) is 0 Å². The van der Waals surface area contributed by atoms with Gasteiger partial charge in [-0.25, -0.2) is 0 Å². The average molecular weight is 275 g/mol. The van der Waals surface area contributed by atoms with E-state index in [2.05, 4.69) is 34.5 Å². The largest absolute Gasteiger partial charge is 0.493 e. The molecule has 0 atom stereocenters. The van der Waals surface area contributed by atoms with Crippen LogP contribution in [0.3, 0.4) is 0 Å². The number of fused-ring (bicyclic) bond motifs is 1. The maximum atomic E-state index is 5.93. The monoisotopic (exact) mass is 275 g/mol. The van der Waals surface area contributed by atoms with Crippen LogP contribution in [0, 0.1) is 0 Å². The zero-order valence-electron chi connectivity index (χ0n) is 11.3. The molecule has 3 heteroatoms. The first-order chi connectivity index (χ1) is 9.43. The van der Waals surface area contributed by atoms with Crippen molar-refractivity contribution in [3.05, 3.63) is 29.6 Å². The van der Waals surface area contributed by atoms with Gasteiger partial charge < -0.3 is 9.64 Å². The number of ether oxygens (including phenoxy) is 1. The first-order valence-corrected chi connectivity index (χ1v) is 8.13. The molecular weight excluding hydrogens is 254 g/mol. The molecule has 1 fully saturated rings. The Labute approximate surface area is 119 Å². The number of hydrogen-bond acceptors (Lipinski definition) is 3. The summed E-state index contributed by atoms with van der Waals surface area (Å²) >= 11 is 1.78. The summed E-state index contributed by atoms with van der Waals surface area (Å²) in [6.45, 7) is 4.68. The molecule has 0 aliphatic carbocycles. The molecule has 1 aliphatic rings. The molecule has 1 aliphatic heterocycles. The molecule has 2 nitrogen and oxygen atoms in total. The molecule has 3 rings (SSSR count). The molecule has 0 saturated carbocycles. The molecule has 2 aromatic rings. The van der Waals surface area contributed by atoms with Crippen LogP contribution in [0.1, 0.15) is 25.7 Å². The van der Waals surface area contributed by atoms with Crippen molar-refractivity contribution in [2.75, 3.05) is 26.2 Å². The Morgan fingerprint density at radius 1 is 1.11 bits per heavy atom. The normalized spacial score (nSPS) is 16.2. The minimum Gasteiger partial charge on any atom is -0.493 e. The molecular formula is C16H21NOS. The van der Waals surface area contributed by atoms with E-state index in [0.717, 1.165) is 18.8 Å². The molecule has 2 heterocycles. The molecule has 102 valence electrons. The third-order valence-electron chi connectivity index (χ3n) is 3.78. The molecule has 1 aromatic carbocycles. The quantitative estimate of drug-likeness (QED) is 0.734. The zero-order chi connectivity index (χ0) is 12.9. The molecule has 1 saturated heterocycles. The molecule has 0 amide bonds. The molecule has 1 aromatic heterocycles. The van der Waals surface area contributed by atoms with Crippen molar-refractivity contribution in [3.8, 4) is 5.75 Å². The maximum Gasteiger partial charge on any atom is 0.127 e. The van der Waals surface area contributed by atoms with Gasteiger partial charge in [-0.2, -0.15) is 0 Å². The van der Waals surface area contributed by atoms with E-state index in [1.807, 2.05) is 0 Å². The van der Waals surface area contributed by atoms with Crippen LogP contribution in [0.5, 0.6) is 5.75 Å². The van der Waals surface area contributed by atoms with Gasteiger partial charge in [0.2, 0.25) is 0 Å². The fraction of sp³-hybridized carbons (Fsp3) is 0.500. The van der Waals surface area contributed by atoms with Crippen LogP contribution in [-0.4, -0.2) is 31.1 Å². The average Bonchev–Trinajstić information content (AvgIpc) is 3.09. The lowest BCUT2D eigenvalue weighted by atomic mass is 10.2. The molecule has 0 bridgehead atoms. The molecule has 0 spiro atoms. The second-order valence-electron chi connectivity index (χ2n) is 5.19. The van der Waals surface area contributed by atoms with E-state index >= 15 is 0 Å². The molecule has 0 radical (unpaired) electrons. The van der Waals surface area contributed by atoms with E-state index in [4.69, 9.17) is 4.74 Å². The Hall–Kier alpha value is -1.06. The van der Waals surface area contributed by atoms with E-state index in [0.29, 0.717) is 0 Å². The number of rotatable bonds is 6. The van der Waals surface area contributed by atoms with Crippen LogP contribution in [0.25, 0.3) is 10.1 Å². The Balaban J connectivity index is 1.43. The summed E-state index contributed by atoms with van der Waals surface area (Å²) in [6.07, 6.45) is 5.17. The van der Waals surface area contributed by atoms with Gasteiger partial charge in [0.15, 0.2) is 0 Å². The highest BCUT2D eigenvalue weighted by atomic mass is 32.1. The van der Waals surface area contributed by atoms with Gasteiger partial charge in [0.1, 0.15) is 5.75 Å². The van der Waals surface area contributed by atoms with Gasteiger partial charge in [-0.3, -0.25) is 0 Å². The van der Waals surface area contributed by atoms with E-state index in [-0.39, 0.29) is 0 Å². The summed E-state index contributed by atoms with van der Waals surface area (Å²) in [4.78, 5) is 2.57. The zero-order valence-corrected chi connectivity index (χ0v) is 12.1. The summed E-state index contributed by atoms with van der Waals surface area (Å²) in [6, 6.07) is 8.47. The second kappa shape index (κ2) is 6.40. The van der Waals surface area contributed by atoms with Gasteiger partial charge in [-0.05, 0) is 68.9 Å². The van der Waals surface area contributed by atoms with Crippen molar-refractivity contribution >= 4 is 21.4 Å². The van der Waals surface area contributed by atoms with Crippen LogP contribution in [0.4, 0.5) is 0 Å². The Kier molecular flexibility index (Phi) is 4.36. The second-order valence-corrected chi connectivity index (χ2v) is 6.14. The van der Waals surface area contributed by atoms with Crippen molar-refractivity contribution in [1.82, 2.24) is 4.90 Å². The van der Waals surface area contributed by atoms with Crippen LogP contribution in [0.2, 0.25) is 0 Å². The predicted octanol–water partition coefficient (Wildman–Crippen LogP) is 4.16. The highest BCUT2D eigenvalue weighted by Crippen LogP contribution is 2.29. The summed E-state index contributed by atoms with van der Waals surface area (Å²) in [5, 5.41) is 3.39. The summed E-state index contributed by atoms with van der Waals surface area (Å²) < 4.78 is 7.24. The van der Waals surface area contributed by atoms with E-state index in [9.17, 15) is 0 Å². The van der Waals surface area contributed by atoms with Crippen LogP contribution in [-0.2, 0) is 0 Å². The molecule has 0 unspecified atom stereocenters. The fourth-order valence-electron chi connectivity index (χ4n) is 2.72. The number of hydrogen-bond donors (Lipinski definition) is 0. The number of thiophene rings is 1. The number of likely N-dealkylation sites (tertiary alicyclic amines) is 1. The Bertz CT molecular complexity index is 516. The predicted molar refractivity (Wildman–Crippen MR) is 82.2 cm³/mol. The van der Waals surface area contributed by atoms with Crippen LogP contribution >= 0.6 is 11.3 Å². The number of benzene rings is 1. The fourth-order valence-corrected chi connectivity index (χ4v) is 3.52. The SMILES string of the molecule is c1cc(OCCCCN2CCCC2)c2ccsc2c1. The van der Waals surface area contributed by atoms with E-state index < -0.39 is 0 Å². The van der Waals surface area contributed by atoms with Gasteiger partial charge in [0, 0.05) is 10.1 Å². The van der Waals surface area contributed by atoms with Gasteiger partial charge in [0.05, 0.1) is 6.61 Å². The first-order valence-electron chi connectivity index (χ1n) is 7.25. The van der Waals surface area contributed by atoms with Gasteiger partial charge in [-0.15, -0.1) is 11.3 Å². The maximum absolute atomic E-state index is 5.93.